The average molecular weight is 547 g/mol. The molecule has 3 aliphatic rings. The lowest BCUT2D eigenvalue weighted by Crippen LogP contribution is -2.15. The summed E-state index contributed by atoms with van der Waals surface area (Å²) in [6, 6.07) is 14.6. The van der Waals surface area contributed by atoms with Crippen LogP contribution < -0.4 is 10.6 Å². The maximum absolute atomic E-state index is 13.4. The molecule has 0 radical (unpaired) electrons. The quantitative estimate of drug-likeness (QED) is 0.228. The van der Waals surface area contributed by atoms with Gasteiger partial charge in [0.2, 0.25) is 0 Å². The van der Waals surface area contributed by atoms with Gasteiger partial charge in [0.1, 0.15) is 11.6 Å². The molecule has 4 aromatic rings. The molecule has 4 N–H and O–H groups in total. The molecular formula is C31H33F3N6. The number of imidazole rings is 2. The van der Waals surface area contributed by atoms with Crippen LogP contribution in [0.3, 0.4) is 0 Å². The predicted octanol–water partition coefficient (Wildman–Crippen LogP) is 6.58. The lowest BCUT2D eigenvalue weighted by Gasteiger charge is -2.11. The van der Waals surface area contributed by atoms with Gasteiger partial charge in [-0.15, -0.1) is 0 Å². The van der Waals surface area contributed by atoms with Gasteiger partial charge in [-0.3, -0.25) is 0 Å². The van der Waals surface area contributed by atoms with Gasteiger partial charge in [0.15, 0.2) is 0 Å². The molecule has 2 fully saturated rings. The number of fused-ring (bicyclic) bond motifs is 3. The van der Waals surface area contributed by atoms with Crippen molar-refractivity contribution in [3.8, 4) is 33.6 Å². The van der Waals surface area contributed by atoms with Gasteiger partial charge >= 0.3 is 6.18 Å². The summed E-state index contributed by atoms with van der Waals surface area (Å²) < 4.78 is 40.1. The third-order valence-corrected chi connectivity index (χ3v) is 8.48. The van der Waals surface area contributed by atoms with Crippen molar-refractivity contribution < 1.29 is 13.2 Å². The van der Waals surface area contributed by atoms with Gasteiger partial charge in [0.25, 0.3) is 0 Å². The predicted molar refractivity (Wildman–Crippen MR) is 149 cm³/mol. The molecule has 9 heteroatoms. The highest BCUT2D eigenvalue weighted by molar-refractivity contribution is 5.75. The van der Waals surface area contributed by atoms with Gasteiger partial charge in [-0.05, 0) is 74.7 Å². The van der Waals surface area contributed by atoms with Crippen molar-refractivity contribution in [1.29, 1.82) is 0 Å². The third kappa shape index (κ3) is 4.97. The minimum absolute atomic E-state index is 0.0277. The summed E-state index contributed by atoms with van der Waals surface area (Å²) in [6.45, 7) is 1.89. The van der Waals surface area contributed by atoms with Gasteiger partial charge < -0.3 is 20.6 Å². The normalized spacial score (nSPS) is 20.9. The van der Waals surface area contributed by atoms with Crippen LogP contribution in [0.15, 0.2) is 42.5 Å². The molecule has 2 aromatic carbocycles. The van der Waals surface area contributed by atoms with Crippen molar-refractivity contribution in [3.63, 3.8) is 0 Å². The van der Waals surface area contributed by atoms with Crippen molar-refractivity contribution >= 4 is 0 Å². The summed E-state index contributed by atoms with van der Waals surface area (Å²) in [7, 11) is 0. The number of H-pyrrole nitrogens is 2. The first kappa shape index (κ1) is 25.5. The molecule has 1 unspecified atom stereocenters. The van der Waals surface area contributed by atoms with E-state index in [1.807, 2.05) is 24.3 Å². The van der Waals surface area contributed by atoms with Crippen LogP contribution in [0.4, 0.5) is 13.2 Å². The number of aryl methyl sites for hydroxylation is 2. The highest BCUT2D eigenvalue weighted by Gasteiger charge is 2.32. The second kappa shape index (κ2) is 10.2. The van der Waals surface area contributed by atoms with E-state index in [1.165, 1.54) is 23.2 Å². The molecule has 2 saturated heterocycles. The number of hydrogen-bond acceptors (Lipinski definition) is 4. The van der Waals surface area contributed by atoms with Gasteiger partial charge in [-0.1, -0.05) is 42.5 Å². The molecule has 6 nitrogen and oxygen atoms in total. The van der Waals surface area contributed by atoms with Crippen LogP contribution in [0.1, 0.15) is 72.8 Å². The SMILES string of the molecule is FC(F)(F)Cc1[nH]c([C@@H]2CCCN2)nc1-c1ccc(-c2ccc3c(c2)CCCc2[nH]c(C4CCCN4)nc2-3)cc1. The second-order valence-corrected chi connectivity index (χ2v) is 11.3. The largest absolute Gasteiger partial charge is 0.394 e. The molecule has 0 amide bonds. The van der Waals surface area contributed by atoms with Gasteiger partial charge in [-0.25, -0.2) is 9.97 Å². The fourth-order valence-electron chi connectivity index (χ4n) is 6.48. The second-order valence-electron chi connectivity index (χ2n) is 11.3. The Balaban J connectivity index is 1.18. The lowest BCUT2D eigenvalue weighted by atomic mass is 9.95. The van der Waals surface area contributed by atoms with Crippen LogP contribution in [0.2, 0.25) is 0 Å². The molecular weight excluding hydrogens is 513 g/mol. The zero-order chi connectivity index (χ0) is 27.3. The van der Waals surface area contributed by atoms with Crippen molar-refractivity contribution in [2.45, 2.75) is 69.6 Å². The Bertz CT molecular complexity index is 1510. The zero-order valence-corrected chi connectivity index (χ0v) is 22.3. The van der Waals surface area contributed by atoms with E-state index < -0.39 is 12.6 Å². The fraction of sp³-hybridized carbons (Fsp3) is 0.419. The van der Waals surface area contributed by atoms with Gasteiger partial charge in [0, 0.05) is 16.8 Å². The highest BCUT2D eigenvalue weighted by Crippen LogP contribution is 2.37. The summed E-state index contributed by atoms with van der Waals surface area (Å²) in [5.74, 6) is 1.64. The summed E-state index contributed by atoms with van der Waals surface area (Å²) in [6.07, 6.45) is 1.83. The topological polar surface area (TPSA) is 81.4 Å². The van der Waals surface area contributed by atoms with E-state index >= 15 is 0 Å². The Labute approximate surface area is 231 Å². The van der Waals surface area contributed by atoms with Crippen molar-refractivity contribution in [2.24, 2.45) is 0 Å². The third-order valence-electron chi connectivity index (χ3n) is 8.48. The van der Waals surface area contributed by atoms with Crippen LogP contribution >= 0.6 is 0 Å². The van der Waals surface area contributed by atoms with Crippen LogP contribution in [0.5, 0.6) is 0 Å². The van der Waals surface area contributed by atoms with E-state index in [0.29, 0.717) is 23.1 Å². The highest BCUT2D eigenvalue weighted by atomic mass is 19.4. The molecule has 40 heavy (non-hydrogen) atoms. The number of nitrogens with zero attached hydrogens (tertiary/aromatic N) is 2. The molecule has 0 spiro atoms. The maximum atomic E-state index is 13.4. The molecule has 2 atom stereocenters. The molecule has 0 saturated carbocycles. The molecule has 208 valence electrons. The molecule has 2 aromatic heterocycles. The first-order valence-electron chi connectivity index (χ1n) is 14.4. The minimum Gasteiger partial charge on any atom is -0.344 e. The van der Waals surface area contributed by atoms with Crippen molar-refractivity contribution in [2.75, 3.05) is 13.1 Å². The number of hydrogen-bond donors (Lipinski definition) is 4. The maximum Gasteiger partial charge on any atom is 0.394 e. The first-order valence-corrected chi connectivity index (χ1v) is 14.4. The average Bonchev–Trinajstić information content (AvgIpc) is 3.74. The molecule has 0 bridgehead atoms. The lowest BCUT2D eigenvalue weighted by molar-refractivity contribution is -0.127. The summed E-state index contributed by atoms with van der Waals surface area (Å²) in [4.78, 5) is 16.3. The summed E-state index contributed by atoms with van der Waals surface area (Å²) in [5.41, 5.74) is 8.08. The van der Waals surface area contributed by atoms with E-state index in [4.69, 9.17) is 4.98 Å². The smallest absolute Gasteiger partial charge is 0.344 e. The zero-order valence-electron chi connectivity index (χ0n) is 22.3. The number of aromatic amines is 2. The van der Waals surface area contributed by atoms with E-state index in [-0.39, 0.29) is 11.7 Å². The van der Waals surface area contributed by atoms with Gasteiger partial charge in [0.05, 0.1) is 35.6 Å². The summed E-state index contributed by atoms with van der Waals surface area (Å²) >= 11 is 0. The summed E-state index contributed by atoms with van der Waals surface area (Å²) in [5, 5.41) is 6.86. The van der Waals surface area contributed by atoms with Crippen LogP contribution in [-0.2, 0) is 19.3 Å². The number of nitrogens with one attached hydrogen (secondary N) is 4. The van der Waals surface area contributed by atoms with E-state index in [0.717, 1.165) is 74.3 Å². The van der Waals surface area contributed by atoms with Crippen LogP contribution in [0.25, 0.3) is 33.6 Å². The van der Waals surface area contributed by atoms with Gasteiger partial charge in [-0.2, -0.15) is 13.2 Å². The van der Waals surface area contributed by atoms with Crippen LogP contribution in [-0.4, -0.2) is 39.2 Å². The van der Waals surface area contributed by atoms with Crippen molar-refractivity contribution in [1.82, 2.24) is 30.6 Å². The van der Waals surface area contributed by atoms with E-state index in [2.05, 4.69) is 43.8 Å². The molecule has 1 aliphatic carbocycles. The molecule has 4 heterocycles. The standard InChI is InChI=1S/C31H33F3N6/c32-31(33,34)17-26-27(39-30(38-26)25-7-3-15-36-25)19-10-8-18(9-11-19)20-12-13-22-21(16-20)4-1-5-23-28(22)40-29(37-23)24-6-2-14-35-24/h8-13,16,24-25,35-36H,1-7,14-15,17H2,(H,37,40)(H,38,39)/t24?,25-/m0/s1. The first-order chi connectivity index (χ1) is 19.4. The van der Waals surface area contributed by atoms with E-state index in [1.54, 1.807) is 0 Å². The number of benzene rings is 2. The number of aromatic nitrogens is 4. The minimum atomic E-state index is -4.31. The monoisotopic (exact) mass is 546 g/mol. The van der Waals surface area contributed by atoms with E-state index in [9.17, 15) is 13.2 Å². The number of halogens is 3. The van der Waals surface area contributed by atoms with Crippen LogP contribution in [0, 0.1) is 0 Å². The number of rotatable bonds is 5. The molecule has 7 rings (SSSR count). The Kier molecular flexibility index (Phi) is 6.51. The Morgan fingerprint density at radius 1 is 0.725 bits per heavy atom. The molecule has 2 aliphatic heterocycles. The van der Waals surface area contributed by atoms with Crippen molar-refractivity contribution in [3.05, 3.63) is 71.1 Å². The Morgan fingerprint density at radius 3 is 2.05 bits per heavy atom. The number of alkyl halides is 3. The Morgan fingerprint density at radius 2 is 1.38 bits per heavy atom. The fourth-order valence-corrected chi connectivity index (χ4v) is 6.48. The Hall–Kier alpha value is -3.43.